The van der Waals surface area contributed by atoms with Gasteiger partial charge in [0.1, 0.15) is 0 Å². The molecule has 0 aliphatic carbocycles. The van der Waals surface area contributed by atoms with Crippen molar-refractivity contribution in [3.63, 3.8) is 0 Å². The predicted octanol–water partition coefficient (Wildman–Crippen LogP) is 1.67. The molecule has 2 heterocycles. The summed E-state index contributed by atoms with van der Waals surface area (Å²) >= 11 is 0. The molecule has 5 nitrogen and oxygen atoms in total. The molecule has 0 fully saturated rings. The smallest absolute Gasteiger partial charge is 0.177 e. The molecular formula is C12H12ClN5. The molecule has 1 aromatic carbocycles. The molecule has 0 bridgehead atoms. The number of nitrogens with zero attached hydrogens (tertiary/aromatic N) is 4. The summed E-state index contributed by atoms with van der Waals surface area (Å²) in [5.74, 6) is 0.665. The van der Waals surface area contributed by atoms with Gasteiger partial charge in [0.2, 0.25) is 0 Å². The van der Waals surface area contributed by atoms with Crippen LogP contribution in [0.2, 0.25) is 0 Å². The third-order valence-electron chi connectivity index (χ3n) is 2.58. The summed E-state index contributed by atoms with van der Waals surface area (Å²) in [7, 11) is 0. The molecule has 3 rings (SSSR count). The molecule has 2 aromatic heterocycles. The van der Waals surface area contributed by atoms with E-state index < -0.39 is 0 Å². The molecular weight excluding hydrogens is 250 g/mol. The number of aromatic nitrogens is 4. The zero-order valence-electron chi connectivity index (χ0n) is 9.52. The monoisotopic (exact) mass is 261 g/mol. The molecule has 0 atom stereocenters. The lowest BCUT2D eigenvalue weighted by atomic mass is 10.1. The molecule has 0 unspecified atom stereocenters. The van der Waals surface area contributed by atoms with Crippen molar-refractivity contribution in [3.8, 4) is 11.3 Å². The van der Waals surface area contributed by atoms with Crippen LogP contribution in [0.1, 0.15) is 5.82 Å². The van der Waals surface area contributed by atoms with Crippen LogP contribution in [-0.4, -0.2) is 19.8 Å². The first-order valence-corrected chi connectivity index (χ1v) is 5.35. The van der Waals surface area contributed by atoms with E-state index in [4.69, 9.17) is 5.73 Å². The highest BCUT2D eigenvalue weighted by atomic mass is 35.5. The Morgan fingerprint density at radius 2 is 1.78 bits per heavy atom. The zero-order valence-corrected chi connectivity index (χ0v) is 10.3. The van der Waals surface area contributed by atoms with Gasteiger partial charge in [0.25, 0.3) is 0 Å². The van der Waals surface area contributed by atoms with E-state index >= 15 is 0 Å². The minimum atomic E-state index is 0. The first-order valence-electron chi connectivity index (χ1n) is 5.35. The molecule has 0 saturated heterocycles. The van der Waals surface area contributed by atoms with E-state index in [1.54, 1.807) is 4.52 Å². The van der Waals surface area contributed by atoms with E-state index in [0.29, 0.717) is 18.0 Å². The van der Waals surface area contributed by atoms with E-state index in [-0.39, 0.29) is 12.4 Å². The van der Waals surface area contributed by atoms with Crippen molar-refractivity contribution >= 4 is 18.1 Å². The Morgan fingerprint density at radius 3 is 2.50 bits per heavy atom. The molecule has 0 aliphatic heterocycles. The molecule has 2 N–H and O–H groups in total. The lowest BCUT2D eigenvalue weighted by Gasteiger charge is -2.01. The summed E-state index contributed by atoms with van der Waals surface area (Å²) in [5, 5.41) is 12.5. The predicted molar refractivity (Wildman–Crippen MR) is 71.4 cm³/mol. The van der Waals surface area contributed by atoms with Crippen molar-refractivity contribution in [1.29, 1.82) is 0 Å². The average molecular weight is 262 g/mol. The normalized spacial score (nSPS) is 10.3. The number of nitrogens with two attached hydrogens (primary N) is 1. The summed E-state index contributed by atoms with van der Waals surface area (Å²) in [6.07, 6.45) is 0. The third kappa shape index (κ3) is 2.05. The molecule has 92 valence electrons. The van der Waals surface area contributed by atoms with Gasteiger partial charge < -0.3 is 5.73 Å². The van der Waals surface area contributed by atoms with Gasteiger partial charge in [-0.15, -0.1) is 22.6 Å². The largest absolute Gasteiger partial charge is 0.324 e. The van der Waals surface area contributed by atoms with Crippen LogP contribution < -0.4 is 5.73 Å². The van der Waals surface area contributed by atoms with Crippen molar-refractivity contribution < 1.29 is 0 Å². The maximum atomic E-state index is 5.59. The van der Waals surface area contributed by atoms with Crippen molar-refractivity contribution in [2.75, 3.05) is 0 Å². The number of hydrogen-bond acceptors (Lipinski definition) is 4. The summed E-state index contributed by atoms with van der Waals surface area (Å²) in [5.41, 5.74) is 8.24. The molecule has 0 amide bonds. The van der Waals surface area contributed by atoms with Gasteiger partial charge in [-0.3, -0.25) is 0 Å². The Morgan fingerprint density at radius 1 is 1.00 bits per heavy atom. The maximum Gasteiger partial charge on any atom is 0.177 e. The fourth-order valence-electron chi connectivity index (χ4n) is 1.72. The molecule has 0 saturated carbocycles. The first-order chi connectivity index (χ1) is 8.38. The van der Waals surface area contributed by atoms with E-state index in [1.807, 2.05) is 42.5 Å². The number of rotatable bonds is 2. The molecule has 0 aliphatic rings. The van der Waals surface area contributed by atoms with Crippen LogP contribution in [-0.2, 0) is 6.54 Å². The van der Waals surface area contributed by atoms with Crippen LogP contribution in [0.15, 0.2) is 42.5 Å². The fraction of sp³-hybridized carbons (Fsp3) is 0.0833. The Hall–Kier alpha value is -1.98. The number of hydrogen-bond donors (Lipinski definition) is 1. The second-order valence-corrected chi connectivity index (χ2v) is 3.67. The Labute approximate surface area is 110 Å². The van der Waals surface area contributed by atoms with Gasteiger partial charge in [0, 0.05) is 5.56 Å². The van der Waals surface area contributed by atoms with Crippen LogP contribution in [0, 0.1) is 0 Å². The van der Waals surface area contributed by atoms with Gasteiger partial charge in [-0.1, -0.05) is 30.3 Å². The third-order valence-corrected chi connectivity index (χ3v) is 2.58. The van der Waals surface area contributed by atoms with Crippen molar-refractivity contribution in [1.82, 2.24) is 19.8 Å². The quantitative estimate of drug-likeness (QED) is 0.762. The van der Waals surface area contributed by atoms with Gasteiger partial charge in [0.05, 0.1) is 12.2 Å². The summed E-state index contributed by atoms with van der Waals surface area (Å²) in [6, 6.07) is 13.8. The molecule has 0 spiro atoms. The Bertz CT molecular complexity index is 650. The van der Waals surface area contributed by atoms with Crippen LogP contribution >= 0.6 is 12.4 Å². The summed E-state index contributed by atoms with van der Waals surface area (Å²) in [6.45, 7) is 0.326. The van der Waals surface area contributed by atoms with Gasteiger partial charge >= 0.3 is 0 Å². The first kappa shape index (κ1) is 12.5. The van der Waals surface area contributed by atoms with E-state index in [9.17, 15) is 0 Å². The molecule has 6 heteroatoms. The summed E-state index contributed by atoms with van der Waals surface area (Å²) < 4.78 is 1.68. The second-order valence-electron chi connectivity index (χ2n) is 3.67. The lowest BCUT2D eigenvalue weighted by Crippen LogP contribution is -2.05. The molecule has 18 heavy (non-hydrogen) atoms. The topological polar surface area (TPSA) is 69.1 Å². The SMILES string of the molecule is Cl.NCc1nnc2ccc(-c3ccccc3)nn12. The second kappa shape index (κ2) is 5.12. The highest BCUT2D eigenvalue weighted by Crippen LogP contribution is 2.16. The highest BCUT2D eigenvalue weighted by Gasteiger charge is 2.06. The number of fused-ring (bicyclic) bond motifs is 1. The van der Waals surface area contributed by atoms with E-state index in [0.717, 1.165) is 11.3 Å². The Balaban J connectivity index is 0.00000120. The summed E-state index contributed by atoms with van der Waals surface area (Å²) in [4.78, 5) is 0. The van der Waals surface area contributed by atoms with Gasteiger partial charge in [-0.2, -0.15) is 9.61 Å². The van der Waals surface area contributed by atoms with Crippen molar-refractivity contribution in [2.45, 2.75) is 6.54 Å². The van der Waals surface area contributed by atoms with Crippen LogP contribution in [0.4, 0.5) is 0 Å². The van der Waals surface area contributed by atoms with Gasteiger partial charge in [0.15, 0.2) is 11.5 Å². The molecule has 3 aromatic rings. The van der Waals surface area contributed by atoms with Crippen LogP contribution in [0.25, 0.3) is 16.9 Å². The van der Waals surface area contributed by atoms with Gasteiger partial charge in [-0.25, -0.2) is 0 Å². The van der Waals surface area contributed by atoms with E-state index in [2.05, 4.69) is 15.3 Å². The van der Waals surface area contributed by atoms with E-state index in [1.165, 1.54) is 0 Å². The standard InChI is InChI=1S/C12H11N5.ClH/c13-8-12-15-14-11-7-6-10(16-17(11)12)9-4-2-1-3-5-9;/h1-7H,8,13H2;1H. The molecule has 0 radical (unpaired) electrons. The van der Waals surface area contributed by atoms with Gasteiger partial charge in [-0.05, 0) is 12.1 Å². The Kier molecular flexibility index (Phi) is 3.55. The number of benzene rings is 1. The minimum Gasteiger partial charge on any atom is -0.324 e. The highest BCUT2D eigenvalue weighted by molar-refractivity contribution is 5.85. The number of halogens is 1. The zero-order chi connectivity index (χ0) is 11.7. The minimum absolute atomic E-state index is 0. The maximum absolute atomic E-state index is 5.59. The fourth-order valence-corrected chi connectivity index (χ4v) is 1.72. The van der Waals surface area contributed by atoms with Crippen molar-refractivity contribution in [3.05, 3.63) is 48.3 Å². The lowest BCUT2D eigenvalue weighted by molar-refractivity contribution is 0.811. The van der Waals surface area contributed by atoms with Crippen molar-refractivity contribution in [2.24, 2.45) is 5.73 Å². The average Bonchev–Trinajstić information content (AvgIpc) is 2.81. The van der Waals surface area contributed by atoms with Crippen LogP contribution in [0.3, 0.4) is 0 Å². The van der Waals surface area contributed by atoms with Crippen LogP contribution in [0.5, 0.6) is 0 Å².